The molecule has 0 amide bonds. The second-order valence-electron chi connectivity index (χ2n) is 3.83. The van der Waals surface area contributed by atoms with Crippen LogP contribution in [0.15, 0.2) is 17.5 Å². The van der Waals surface area contributed by atoms with Crippen LogP contribution in [0.25, 0.3) is 0 Å². The van der Waals surface area contributed by atoms with Crippen LogP contribution in [0.5, 0.6) is 0 Å². The van der Waals surface area contributed by atoms with Gasteiger partial charge < -0.3 is 5.11 Å². The third-order valence-corrected chi connectivity index (χ3v) is 5.06. The van der Waals surface area contributed by atoms with Crippen LogP contribution in [0.2, 0.25) is 0 Å². The van der Waals surface area contributed by atoms with Gasteiger partial charge in [-0.2, -0.15) is 17.4 Å². The highest BCUT2D eigenvalue weighted by Gasteiger charge is 2.21. The van der Waals surface area contributed by atoms with Crippen LogP contribution >= 0.6 is 11.3 Å². The van der Waals surface area contributed by atoms with Crippen molar-refractivity contribution in [2.45, 2.75) is 19.4 Å². The summed E-state index contributed by atoms with van der Waals surface area (Å²) < 4.78 is 27.3. The molecule has 0 fully saturated rings. The topological polar surface area (TPSA) is 86.7 Å². The number of nitrogens with zero attached hydrogens (tertiary/aromatic N) is 1. The maximum atomic E-state index is 11.9. The molecule has 6 nitrogen and oxygen atoms in total. The summed E-state index contributed by atoms with van der Waals surface area (Å²) in [6.07, 6.45) is -0.217. The number of hydrogen-bond donors (Lipinski definition) is 2. The number of carboxylic acids is 1. The Morgan fingerprint density at radius 2 is 2.28 bits per heavy atom. The fraction of sp³-hybridized carbons (Fsp3) is 0.500. The minimum Gasteiger partial charge on any atom is -0.481 e. The predicted octanol–water partition coefficient (Wildman–Crippen LogP) is 1.05. The fourth-order valence-electron chi connectivity index (χ4n) is 1.28. The van der Waals surface area contributed by atoms with Gasteiger partial charge in [0.05, 0.1) is 12.5 Å². The summed E-state index contributed by atoms with van der Waals surface area (Å²) in [4.78, 5) is 11.3. The maximum absolute atomic E-state index is 11.9. The smallest absolute Gasteiger partial charge is 0.304 e. The normalized spacial score (nSPS) is 13.7. The van der Waals surface area contributed by atoms with E-state index in [-0.39, 0.29) is 19.0 Å². The van der Waals surface area contributed by atoms with Crippen molar-refractivity contribution >= 4 is 27.5 Å². The summed E-state index contributed by atoms with van der Waals surface area (Å²) in [5.74, 6) is -1.02. The van der Waals surface area contributed by atoms with Gasteiger partial charge in [-0.25, -0.2) is 0 Å². The first kappa shape index (κ1) is 15.1. The Bertz CT molecular complexity index is 484. The van der Waals surface area contributed by atoms with E-state index in [4.69, 9.17) is 5.11 Å². The summed E-state index contributed by atoms with van der Waals surface area (Å²) in [6.45, 7) is 1.69. The molecular formula is C10H16N2O4S2. The Balaban J connectivity index is 2.61. The molecule has 18 heavy (non-hydrogen) atoms. The first-order valence-corrected chi connectivity index (χ1v) is 7.63. The molecule has 0 aliphatic heterocycles. The molecule has 0 bridgehead atoms. The number of nitrogens with one attached hydrogen (secondary N) is 1. The summed E-state index contributed by atoms with van der Waals surface area (Å²) in [7, 11) is -2.30. The largest absolute Gasteiger partial charge is 0.481 e. The Labute approximate surface area is 110 Å². The molecule has 1 heterocycles. The standard InChI is InChI=1S/C10H16N2O4S2/c1-8(9-4-3-7-17-9)11-18(15,16)12(2)6-5-10(13)14/h3-4,7-8,11H,5-6H2,1-2H3,(H,13,14). The number of carbonyl (C=O) groups is 1. The number of thiophene rings is 1. The van der Waals surface area contributed by atoms with E-state index in [1.807, 2.05) is 17.5 Å². The minimum absolute atomic E-state index is 0.0537. The molecule has 1 unspecified atom stereocenters. The highest BCUT2D eigenvalue weighted by atomic mass is 32.2. The lowest BCUT2D eigenvalue weighted by Gasteiger charge is -2.19. The molecule has 102 valence electrons. The van der Waals surface area contributed by atoms with Gasteiger partial charge in [0.15, 0.2) is 0 Å². The SMILES string of the molecule is CC(NS(=O)(=O)N(C)CCC(=O)O)c1cccs1. The quantitative estimate of drug-likeness (QED) is 0.786. The van der Waals surface area contributed by atoms with Gasteiger partial charge in [0.1, 0.15) is 0 Å². The monoisotopic (exact) mass is 292 g/mol. The van der Waals surface area contributed by atoms with Crippen LogP contribution in [-0.4, -0.2) is 37.4 Å². The van der Waals surface area contributed by atoms with Gasteiger partial charge in [-0.15, -0.1) is 11.3 Å². The molecule has 0 radical (unpaired) electrons. The molecule has 2 N–H and O–H groups in total. The molecule has 0 aliphatic rings. The van der Waals surface area contributed by atoms with Gasteiger partial charge in [0, 0.05) is 18.5 Å². The Morgan fingerprint density at radius 1 is 1.61 bits per heavy atom. The first-order valence-electron chi connectivity index (χ1n) is 5.31. The third-order valence-electron chi connectivity index (χ3n) is 2.35. The van der Waals surface area contributed by atoms with Crippen molar-refractivity contribution in [2.24, 2.45) is 0 Å². The maximum Gasteiger partial charge on any atom is 0.304 e. The molecule has 0 spiro atoms. The first-order chi connectivity index (χ1) is 8.33. The molecule has 0 saturated carbocycles. The number of aliphatic carboxylic acids is 1. The highest BCUT2D eigenvalue weighted by Crippen LogP contribution is 2.19. The van der Waals surface area contributed by atoms with Crippen molar-refractivity contribution < 1.29 is 18.3 Å². The van der Waals surface area contributed by atoms with E-state index in [1.165, 1.54) is 18.4 Å². The Morgan fingerprint density at radius 3 is 2.78 bits per heavy atom. The Hall–Kier alpha value is -0.960. The van der Waals surface area contributed by atoms with Crippen molar-refractivity contribution in [2.75, 3.05) is 13.6 Å². The second kappa shape index (κ2) is 6.28. The van der Waals surface area contributed by atoms with E-state index in [2.05, 4.69) is 4.72 Å². The molecule has 8 heteroatoms. The predicted molar refractivity (Wildman–Crippen MR) is 69.7 cm³/mol. The number of carboxylic acid groups (broad SMARTS) is 1. The zero-order valence-corrected chi connectivity index (χ0v) is 11.8. The molecule has 1 atom stereocenters. The van der Waals surface area contributed by atoms with Gasteiger partial charge in [-0.3, -0.25) is 4.79 Å². The van der Waals surface area contributed by atoms with E-state index in [0.29, 0.717) is 0 Å². The van der Waals surface area contributed by atoms with Crippen LogP contribution in [0.1, 0.15) is 24.3 Å². The van der Waals surface area contributed by atoms with Gasteiger partial charge in [-0.05, 0) is 18.4 Å². The number of hydrogen-bond acceptors (Lipinski definition) is 4. The van der Waals surface area contributed by atoms with Gasteiger partial charge in [-0.1, -0.05) is 6.07 Å². The lowest BCUT2D eigenvalue weighted by Crippen LogP contribution is -2.40. The average molecular weight is 292 g/mol. The van der Waals surface area contributed by atoms with Crippen LogP contribution in [0, 0.1) is 0 Å². The lowest BCUT2D eigenvalue weighted by molar-refractivity contribution is -0.137. The average Bonchev–Trinajstić information content (AvgIpc) is 2.78. The van der Waals surface area contributed by atoms with Crippen LogP contribution in [0.4, 0.5) is 0 Å². The molecule has 0 saturated heterocycles. The van der Waals surface area contributed by atoms with Crippen molar-refractivity contribution in [1.82, 2.24) is 9.03 Å². The minimum atomic E-state index is -3.65. The fourth-order valence-corrected chi connectivity index (χ4v) is 3.18. The molecule has 1 aromatic rings. The van der Waals surface area contributed by atoms with Gasteiger partial charge in [0.2, 0.25) is 0 Å². The van der Waals surface area contributed by atoms with Gasteiger partial charge >= 0.3 is 5.97 Å². The molecule has 1 rings (SSSR count). The van der Waals surface area contributed by atoms with Gasteiger partial charge in [0.25, 0.3) is 10.2 Å². The van der Waals surface area contributed by atoms with Crippen molar-refractivity contribution in [3.8, 4) is 0 Å². The molecule has 0 aliphatic carbocycles. The molecule has 1 aromatic heterocycles. The summed E-state index contributed by atoms with van der Waals surface area (Å²) in [6, 6.07) is 3.36. The van der Waals surface area contributed by atoms with E-state index < -0.39 is 16.2 Å². The summed E-state index contributed by atoms with van der Waals surface area (Å²) in [5, 5.41) is 10.4. The molecular weight excluding hydrogens is 276 g/mol. The zero-order chi connectivity index (χ0) is 13.8. The van der Waals surface area contributed by atoms with E-state index in [1.54, 1.807) is 6.92 Å². The van der Waals surface area contributed by atoms with Crippen LogP contribution in [-0.2, 0) is 15.0 Å². The lowest BCUT2D eigenvalue weighted by atomic mass is 10.3. The number of rotatable bonds is 7. The zero-order valence-electron chi connectivity index (χ0n) is 10.2. The van der Waals surface area contributed by atoms with E-state index >= 15 is 0 Å². The van der Waals surface area contributed by atoms with Crippen molar-refractivity contribution in [3.05, 3.63) is 22.4 Å². The van der Waals surface area contributed by atoms with Crippen LogP contribution in [0.3, 0.4) is 0 Å². The highest BCUT2D eigenvalue weighted by molar-refractivity contribution is 7.87. The van der Waals surface area contributed by atoms with Crippen LogP contribution < -0.4 is 4.72 Å². The van der Waals surface area contributed by atoms with E-state index in [9.17, 15) is 13.2 Å². The summed E-state index contributed by atoms with van der Waals surface area (Å²) >= 11 is 1.46. The molecule has 0 aromatic carbocycles. The summed E-state index contributed by atoms with van der Waals surface area (Å²) in [5.41, 5.74) is 0. The van der Waals surface area contributed by atoms with Crippen molar-refractivity contribution in [1.29, 1.82) is 0 Å². The Kier molecular flexibility index (Phi) is 5.27. The van der Waals surface area contributed by atoms with E-state index in [0.717, 1.165) is 9.18 Å². The van der Waals surface area contributed by atoms with Crippen molar-refractivity contribution in [3.63, 3.8) is 0 Å². The third kappa shape index (κ3) is 4.37. The second-order valence-corrected chi connectivity index (χ2v) is 6.61.